The highest BCUT2D eigenvalue weighted by molar-refractivity contribution is 6.31. The van der Waals surface area contributed by atoms with Crippen LogP contribution in [0.1, 0.15) is 24.5 Å². The normalized spacial score (nSPS) is 10.8. The lowest BCUT2D eigenvalue weighted by molar-refractivity contribution is 0.968. The summed E-state index contributed by atoms with van der Waals surface area (Å²) in [6, 6.07) is 6.06. The number of nitrogens with zero attached hydrogens (tertiary/aromatic N) is 1. The Bertz CT molecular complexity index is 549. The van der Waals surface area contributed by atoms with Gasteiger partial charge in [0, 0.05) is 17.0 Å². The maximum atomic E-state index is 6.06. The van der Waals surface area contributed by atoms with Crippen molar-refractivity contribution < 1.29 is 0 Å². The van der Waals surface area contributed by atoms with Gasteiger partial charge in [-0.05, 0) is 49.6 Å². The minimum absolute atomic E-state index is 0.769. The van der Waals surface area contributed by atoms with Gasteiger partial charge < -0.3 is 5.32 Å². The number of nitrogens with one attached hydrogen (secondary N) is 1. The summed E-state index contributed by atoms with van der Waals surface area (Å²) < 4.78 is 0. The molecule has 1 heterocycles. The third-order valence-electron chi connectivity index (χ3n) is 2.81. The van der Waals surface area contributed by atoms with E-state index in [4.69, 9.17) is 11.6 Å². The molecule has 2 aromatic rings. The lowest BCUT2D eigenvalue weighted by atomic mass is 10.1. The first-order valence-electron chi connectivity index (χ1n) is 5.93. The molecule has 0 aliphatic carbocycles. The molecule has 0 spiro atoms. The summed E-state index contributed by atoms with van der Waals surface area (Å²) in [6.07, 6.45) is 1.10. The van der Waals surface area contributed by atoms with Gasteiger partial charge in [0.25, 0.3) is 0 Å². The fraction of sp³-hybridized carbons (Fsp3) is 0.357. The summed E-state index contributed by atoms with van der Waals surface area (Å²) in [6.45, 7) is 7.21. The minimum atomic E-state index is 0.769. The van der Waals surface area contributed by atoms with Crippen LogP contribution in [0.4, 0.5) is 5.82 Å². The van der Waals surface area contributed by atoms with Crippen LogP contribution in [0.5, 0.6) is 0 Å². The van der Waals surface area contributed by atoms with Crippen molar-refractivity contribution in [2.24, 2.45) is 0 Å². The van der Waals surface area contributed by atoms with E-state index in [-0.39, 0.29) is 0 Å². The number of aryl methyl sites for hydroxylation is 2. The van der Waals surface area contributed by atoms with E-state index in [2.05, 4.69) is 30.2 Å². The molecule has 0 atom stereocenters. The number of hydrogen-bond donors (Lipinski definition) is 1. The van der Waals surface area contributed by atoms with Crippen LogP contribution in [0.3, 0.4) is 0 Å². The summed E-state index contributed by atoms with van der Waals surface area (Å²) >= 11 is 6.06. The van der Waals surface area contributed by atoms with Gasteiger partial charge >= 0.3 is 0 Å². The first-order valence-corrected chi connectivity index (χ1v) is 6.31. The summed E-state index contributed by atoms with van der Waals surface area (Å²) in [4.78, 5) is 4.68. The van der Waals surface area contributed by atoms with E-state index in [0.29, 0.717) is 0 Å². The Morgan fingerprint density at radius 2 is 1.94 bits per heavy atom. The standard InChI is InChI=1S/C14H17ClN2/c1-4-5-16-14-10(3)6-11-8-12(15)7-9(2)13(11)17-14/h6-8H,4-5H2,1-3H3,(H,16,17). The van der Waals surface area contributed by atoms with Crippen LogP contribution in [0.2, 0.25) is 5.02 Å². The Kier molecular flexibility index (Phi) is 3.53. The number of benzene rings is 1. The molecule has 0 saturated heterocycles. The molecule has 0 bridgehead atoms. The molecule has 1 N–H and O–H groups in total. The van der Waals surface area contributed by atoms with Crippen LogP contribution >= 0.6 is 11.6 Å². The van der Waals surface area contributed by atoms with Gasteiger partial charge in [0.1, 0.15) is 5.82 Å². The van der Waals surface area contributed by atoms with Crippen LogP contribution < -0.4 is 5.32 Å². The molecule has 0 unspecified atom stereocenters. The smallest absolute Gasteiger partial charge is 0.129 e. The molecule has 2 rings (SSSR count). The first-order chi connectivity index (χ1) is 8.11. The molecule has 0 aliphatic rings. The highest BCUT2D eigenvalue weighted by Gasteiger charge is 2.06. The van der Waals surface area contributed by atoms with Crippen molar-refractivity contribution in [3.63, 3.8) is 0 Å². The van der Waals surface area contributed by atoms with E-state index in [1.54, 1.807) is 0 Å². The van der Waals surface area contributed by atoms with Crippen LogP contribution in [0, 0.1) is 13.8 Å². The summed E-state index contributed by atoms with van der Waals surface area (Å²) in [5.74, 6) is 0.977. The average molecular weight is 249 g/mol. The first kappa shape index (κ1) is 12.2. The number of pyridine rings is 1. The average Bonchev–Trinajstić information content (AvgIpc) is 2.26. The van der Waals surface area contributed by atoms with E-state index in [1.165, 1.54) is 0 Å². The van der Waals surface area contributed by atoms with Gasteiger partial charge in [-0.2, -0.15) is 0 Å². The molecule has 17 heavy (non-hydrogen) atoms. The third kappa shape index (κ3) is 2.52. The Balaban J connectivity index is 2.55. The van der Waals surface area contributed by atoms with E-state index < -0.39 is 0 Å². The molecular weight excluding hydrogens is 232 g/mol. The fourth-order valence-electron chi connectivity index (χ4n) is 1.95. The Hall–Kier alpha value is -1.28. The highest BCUT2D eigenvalue weighted by atomic mass is 35.5. The third-order valence-corrected chi connectivity index (χ3v) is 3.02. The zero-order chi connectivity index (χ0) is 12.4. The predicted molar refractivity (Wildman–Crippen MR) is 75.0 cm³/mol. The molecule has 0 fully saturated rings. The number of halogens is 1. The number of aromatic nitrogens is 1. The second kappa shape index (κ2) is 4.92. The predicted octanol–water partition coefficient (Wildman–Crippen LogP) is 4.33. The van der Waals surface area contributed by atoms with Gasteiger partial charge in [0.15, 0.2) is 0 Å². The van der Waals surface area contributed by atoms with E-state index in [1.807, 2.05) is 19.1 Å². The van der Waals surface area contributed by atoms with Crippen LogP contribution in [0.15, 0.2) is 18.2 Å². The van der Waals surface area contributed by atoms with Gasteiger partial charge in [0.05, 0.1) is 5.52 Å². The molecule has 0 amide bonds. The van der Waals surface area contributed by atoms with Gasteiger partial charge in [0.2, 0.25) is 0 Å². The fourth-order valence-corrected chi connectivity index (χ4v) is 2.23. The topological polar surface area (TPSA) is 24.9 Å². The number of fused-ring (bicyclic) bond motifs is 1. The summed E-state index contributed by atoms with van der Waals surface area (Å²) in [7, 11) is 0. The van der Waals surface area contributed by atoms with Crippen molar-refractivity contribution in [1.82, 2.24) is 4.98 Å². The second-order valence-corrected chi connectivity index (χ2v) is 4.81. The number of hydrogen-bond acceptors (Lipinski definition) is 2. The van der Waals surface area contributed by atoms with E-state index >= 15 is 0 Å². The van der Waals surface area contributed by atoms with Crippen LogP contribution in [0.25, 0.3) is 10.9 Å². The van der Waals surface area contributed by atoms with Crippen molar-refractivity contribution >= 4 is 28.3 Å². The van der Waals surface area contributed by atoms with Gasteiger partial charge in [-0.25, -0.2) is 4.98 Å². The van der Waals surface area contributed by atoms with Crippen LogP contribution in [-0.2, 0) is 0 Å². The second-order valence-electron chi connectivity index (χ2n) is 4.38. The summed E-state index contributed by atoms with van der Waals surface area (Å²) in [5.41, 5.74) is 3.30. The molecule has 0 aliphatic heterocycles. The van der Waals surface area contributed by atoms with Crippen molar-refractivity contribution in [3.05, 3.63) is 34.3 Å². The lowest BCUT2D eigenvalue weighted by Gasteiger charge is -2.10. The lowest BCUT2D eigenvalue weighted by Crippen LogP contribution is -2.04. The zero-order valence-electron chi connectivity index (χ0n) is 10.5. The van der Waals surface area contributed by atoms with E-state index in [9.17, 15) is 0 Å². The van der Waals surface area contributed by atoms with Gasteiger partial charge in [-0.3, -0.25) is 0 Å². The maximum absolute atomic E-state index is 6.06. The van der Waals surface area contributed by atoms with Gasteiger partial charge in [-0.15, -0.1) is 0 Å². The van der Waals surface area contributed by atoms with Crippen LogP contribution in [-0.4, -0.2) is 11.5 Å². The minimum Gasteiger partial charge on any atom is -0.370 e. The number of rotatable bonds is 3. The molecule has 0 saturated carbocycles. The Morgan fingerprint density at radius 3 is 2.65 bits per heavy atom. The molecule has 1 aromatic heterocycles. The van der Waals surface area contributed by atoms with Gasteiger partial charge in [-0.1, -0.05) is 18.5 Å². The zero-order valence-corrected chi connectivity index (χ0v) is 11.2. The number of anilines is 1. The molecule has 3 heteroatoms. The summed E-state index contributed by atoms with van der Waals surface area (Å²) in [5, 5.41) is 5.23. The Morgan fingerprint density at radius 1 is 1.18 bits per heavy atom. The monoisotopic (exact) mass is 248 g/mol. The molecule has 90 valence electrons. The Labute approximate surface area is 107 Å². The maximum Gasteiger partial charge on any atom is 0.129 e. The molecule has 0 radical (unpaired) electrons. The van der Waals surface area contributed by atoms with E-state index in [0.717, 1.165) is 45.8 Å². The van der Waals surface area contributed by atoms with Crippen molar-refractivity contribution in [3.8, 4) is 0 Å². The van der Waals surface area contributed by atoms with Crippen molar-refractivity contribution in [1.29, 1.82) is 0 Å². The van der Waals surface area contributed by atoms with Crippen molar-refractivity contribution in [2.75, 3.05) is 11.9 Å². The molecule has 1 aromatic carbocycles. The quantitative estimate of drug-likeness (QED) is 0.875. The SMILES string of the molecule is CCCNc1nc2c(C)cc(Cl)cc2cc1C. The highest BCUT2D eigenvalue weighted by Crippen LogP contribution is 2.25. The molecule has 2 nitrogen and oxygen atoms in total. The van der Waals surface area contributed by atoms with Crippen molar-refractivity contribution in [2.45, 2.75) is 27.2 Å². The largest absolute Gasteiger partial charge is 0.370 e. The molecular formula is C14H17ClN2.